The highest BCUT2D eigenvalue weighted by atomic mass is 16.3. The molecule has 0 radical (unpaired) electrons. The first-order valence-electron chi connectivity index (χ1n) is 4.02. The minimum absolute atomic E-state index is 0.340. The Morgan fingerprint density at radius 1 is 1.75 bits per heavy atom. The van der Waals surface area contributed by atoms with Crippen LogP contribution in [-0.4, -0.2) is 27.5 Å². The number of aliphatic hydroxyl groups is 1. The molecule has 0 spiro atoms. The molecule has 2 N–H and O–H groups in total. The Hall–Kier alpha value is -1.03. The Labute approximate surface area is 72.2 Å². The van der Waals surface area contributed by atoms with Gasteiger partial charge in [-0.1, -0.05) is 0 Å². The topological polar surface area (TPSA) is 50.1 Å². The zero-order valence-corrected chi connectivity index (χ0v) is 7.70. The second-order valence-corrected chi connectivity index (χ2v) is 3.02. The average molecular weight is 169 g/mol. The number of nitrogens with one attached hydrogen (secondary N) is 1. The second kappa shape index (κ2) is 3.58. The Morgan fingerprint density at radius 3 is 2.83 bits per heavy atom. The van der Waals surface area contributed by atoms with Crippen molar-refractivity contribution in [3.8, 4) is 0 Å². The van der Waals surface area contributed by atoms with Crippen molar-refractivity contribution in [2.45, 2.75) is 20.0 Å². The van der Waals surface area contributed by atoms with E-state index in [0.717, 1.165) is 11.5 Å². The summed E-state index contributed by atoms with van der Waals surface area (Å²) in [6.07, 6.45) is -0.340. The Bertz CT molecular complexity index is 235. The van der Waals surface area contributed by atoms with E-state index in [2.05, 4.69) is 10.4 Å². The molecule has 1 heterocycles. The number of hydrogen-bond acceptors (Lipinski definition) is 3. The van der Waals surface area contributed by atoms with E-state index in [9.17, 15) is 0 Å². The fourth-order valence-corrected chi connectivity index (χ4v) is 0.899. The number of nitrogens with zero attached hydrogens (tertiary/aromatic N) is 2. The van der Waals surface area contributed by atoms with Gasteiger partial charge in [-0.15, -0.1) is 0 Å². The van der Waals surface area contributed by atoms with E-state index in [1.54, 1.807) is 11.6 Å². The predicted octanol–water partition coefficient (Wildman–Crippen LogP) is 0.521. The summed E-state index contributed by atoms with van der Waals surface area (Å²) in [6, 6.07) is 1.95. The minimum atomic E-state index is -0.340. The lowest BCUT2D eigenvalue weighted by atomic mass is 10.4. The molecule has 0 unspecified atom stereocenters. The third-order valence-corrected chi connectivity index (χ3v) is 1.69. The monoisotopic (exact) mass is 169 g/mol. The highest BCUT2D eigenvalue weighted by Gasteiger charge is 2.00. The molecule has 4 heteroatoms. The number of aryl methyl sites for hydroxylation is 2. The van der Waals surface area contributed by atoms with Crippen LogP contribution in [0.1, 0.15) is 12.6 Å². The van der Waals surface area contributed by atoms with E-state index >= 15 is 0 Å². The van der Waals surface area contributed by atoms with Crippen molar-refractivity contribution in [2.75, 3.05) is 11.9 Å². The molecule has 0 aliphatic carbocycles. The molecule has 0 saturated heterocycles. The lowest BCUT2D eigenvalue weighted by molar-refractivity contribution is 0.208. The maximum atomic E-state index is 8.99. The van der Waals surface area contributed by atoms with E-state index < -0.39 is 0 Å². The van der Waals surface area contributed by atoms with Gasteiger partial charge in [-0.25, -0.2) is 0 Å². The van der Waals surface area contributed by atoms with Crippen LogP contribution in [0.2, 0.25) is 0 Å². The van der Waals surface area contributed by atoms with Crippen molar-refractivity contribution < 1.29 is 5.11 Å². The maximum Gasteiger partial charge on any atom is 0.148 e. The van der Waals surface area contributed by atoms with Crippen LogP contribution in [-0.2, 0) is 7.05 Å². The van der Waals surface area contributed by atoms with Gasteiger partial charge in [0.1, 0.15) is 5.82 Å². The van der Waals surface area contributed by atoms with Gasteiger partial charge in [0.15, 0.2) is 0 Å². The first kappa shape index (κ1) is 9.06. The molecule has 1 atom stereocenters. The Kier molecular flexibility index (Phi) is 2.70. The van der Waals surface area contributed by atoms with Crippen LogP contribution in [0.5, 0.6) is 0 Å². The van der Waals surface area contributed by atoms with Gasteiger partial charge >= 0.3 is 0 Å². The average Bonchev–Trinajstić information content (AvgIpc) is 2.28. The molecule has 0 saturated carbocycles. The molecule has 0 aliphatic heterocycles. The molecule has 1 aromatic rings. The molecule has 0 bridgehead atoms. The summed E-state index contributed by atoms with van der Waals surface area (Å²) in [4.78, 5) is 0. The molecule has 1 aromatic heterocycles. The van der Waals surface area contributed by atoms with Crippen LogP contribution in [0.15, 0.2) is 6.07 Å². The first-order valence-corrected chi connectivity index (χ1v) is 4.02. The van der Waals surface area contributed by atoms with Gasteiger partial charge in [-0.3, -0.25) is 4.68 Å². The van der Waals surface area contributed by atoms with Gasteiger partial charge in [0.05, 0.1) is 6.10 Å². The van der Waals surface area contributed by atoms with E-state index in [-0.39, 0.29) is 6.10 Å². The molecule has 68 valence electrons. The number of rotatable bonds is 3. The molecular formula is C8H15N3O. The summed E-state index contributed by atoms with van der Waals surface area (Å²) in [5.74, 6) is 0.816. The SMILES string of the molecule is Cc1cc(NC[C@@H](C)O)nn1C. The summed E-state index contributed by atoms with van der Waals surface area (Å²) in [6.45, 7) is 4.26. The first-order chi connectivity index (χ1) is 5.59. The fourth-order valence-electron chi connectivity index (χ4n) is 0.899. The van der Waals surface area contributed by atoms with E-state index in [1.807, 2.05) is 20.0 Å². The summed E-state index contributed by atoms with van der Waals surface area (Å²) >= 11 is 0. The molecule has 0 fully saturated rings. The molecule has 4 nitrogen and oxygen atoms in total. The number of hydrogen-bond donors (Lipinski definition) is 2. The van der Waals surface area contributed by atoms with Crippen LogP contribution < -0.4 is 5.32 Å². The Balaban J connectivity index is 2.53. The molecule has 12 heavy (non-hydrogen) atoms. The van der Waals surface area contributed by atoms with Gasteiger partial charge in [0, 0.05) is 25.4 Å². The number of aromatic nitrogens is 2. The van der Waals surface area contributed by atoms with E-state index in [0.29, 0.717) is 6.54 Å². The lowest BCUT2D eigenvalue weighted by Gasteiger charge is -2.03. The smallest absolute Gasteiger partial charge is 0.148 e. The third-order valence-electron chi connectivity index (χ3n) is 1.69. The van der Waals surface area contributed by atoms with Crippen LogP contribution in [0.3, 0.4) is 0 Å². The summed E-state index contributed by atoms with van der Waals surface area (Å²) < 4.78 is 1.80. The standard InChI is InChI=1S/C8H15N3O/c1-6-4-8(10-11(6)3)9-5-7(2)12/h4,7,12H,5H2,1-3H3,(H,9,10)/t7-/m1/s1. The van der Waals surface area contributed by atoms with Crippen LogP contribution >= 0.6 is 0 Å². The zero-order valence-electron chi connectivity index (χ0n) is 7.70. The minimum Gasteiger partial charge on any atom is -0.392 e. The summed E-state index contributed by atoms with van der Waals surface area (Å²) in [5, 5.41) is 16.2. The molecular weight excluding hydrogens is 154 g/mol. The summed E-state index contributed by atoms with van der Waals surface area (Å²) in [5.41, 5.74) is 1.10. The van der Waals surface area contributed by atoms with Crippen molar-refractivity contribution in [3.05, 3.63) is 11.8 Å². The normalized spacial score (nSPS) is 13.0. The quantitative estimate of drug-likeness (QED) is 0.693. The lowest BCUT2D eigenvalue weighted by Crippen LogP contribution is -2.15. The molecule has 1 rings (SSSR count). The molecule has 0 aromatic carbocycles. The van der Waals surface area contributed by atoms with Crippen molar-refractivity contribution >= 4 is 5.82 Å². The van der Waals surface area contributed by atoms with Crippen molar-refractivity contribution in [3.63, 3.8) is 0 Å². The van der Waals surface area contributed by atoms with Crippen LogP contribution in [0, 0.1) is 6.92 Å². The van der Waals surface area contributed by atoms with Gasteiger partial charge in [0.2, 0.25) is 0 Å². The van der Waals surface area contributed by atoms with Crippen LogP contribution in [0.4, 0.5) is 5.82 Å². The summed E-state index contributed by atoms with van der Waals surface area (Å²) in [7, 11) is 1.89. The van der Waals surface area contributed by atoms with E-state index in [4.69, 9.17) is 5.11 Å². The van der Waals surface area contributed by atoms with E-state index in [1.165, 1.54) is 0 Å². The predicted molar refractivity (Wildman–Crippen MR) is 48.1 cm³/mol. The van der Waals surface area contributed by atoms with Crippen molar-refractivity contribution in [2.24, 2.45) is 7.05 Å². The van der Waals surface area contributed by atoms with Crippen molar-refractivity contribution in [1.29, 1.82) is 0 Å². The van der Waals surface area contributed by atoms with Gasteiger partial charge in [0.25, 0.3) is 0 Å². The highest BCUT2D eigenvalue weighted by Crippen LogP contribution is 2.05. The fraction of sp³-hybridized carbons (Fsp3) is 0.625. The third kappa shape index (κ3) is 2.23. The second-order valence-electron chi connectivity index (χ2n) is 3.02. The number of anilines is 1. The van der Waals surface area contributed by atoms with Crippen LogP contribution in [0.25, 0.3) is 0 Å². The van der Waals surface area contributed by atoms with Gasteiger partial charge in [-0.05, 0) is 13.8 Å². The van der Waals surface area contributed by atoms with Gasteiger partial charge < -0.3 is 10.4 Å². The van der Waals surface area contributed by atoms with Gasteiger partial charge in [-0.2, -0.15) is 5.10 Å². The largest absolute Gasteiger partial charge is 0.392 e. The Morgan fingerprint density at radius 2 is 2.42 bits per heavy atom. The van der Waals surface area contributed by atoms with Crippen molar-refractivity contribution in [1.82, 2.24) is 9.78 Å². The number of aliphatic hydroxyl groups excluding tert-OH is 1. The highest BCUT2D eigenvalue weighted by molar-refractivity contribution is 5.35. The molecule has 0 amide bonds. The molecule has 0 aliphatic rings. The maximum absolute atomic E-state index is 8.99. The zero-order chi connectivity index (χ0) is 9.14.